The van der Waals surface area contributed by atoms with Gasteiger partial charge in [-0.15, -0.1) is 0 Å². The third kappa shape index (κ3) is 2.68. The zero-order chi connectivity index (χ0) is 13.9. The number of amides is 2. The number of carbonyl (C=O) groups is 2. The standard InChI is InChI=1S/C14H16N2O4/c17-13-4-2-10(16-13)14(18)15-6-5-9-1-3-11-12(7-9)20-8-19-11/h1,3,7,10H,2,4-6,8H2,(H,15,18)(H,16,17)/t10-/m0/s1. The Kier molecular flexibility index (Phi) is 3.45. The first-order valence-electron chi connectivity index (χ1n) is 6.68. The van der Waals surface area contributed by atoms with E-state index in [9.17, 15) is 9.59 Å². The number of carbonyl (C=O) groups excluding carboxylic acids is 2. The predicted molar refractivity (Wildman–Crippen MR) is 70.4 cm³/mol. The summed E-state index contributed by atoms with van der Waals surface area (Å²) in [5.74, 6) is 1.33. The maximum Gasteiger partial charge on any atom is 0.242 e. The van der Waals surface area contributed by atoms with E-state index in [2.05, 4.69) is 10.6 Å². The molecule has 1 aromatic rings. The van der Waals surface area contributed by atoms with Crippen LogP contribution in [-0.2, 0) is 16.0 Å². The van der Waals surface area contributed by atoms with Gasteiger partial charge in [-0.2, -0.15) is 0 Å². The minimum Gasteiger partial charge on any atom is -0.454 e. The van der Waals surface area contributed by atoms with E-state index in [1.807, 2.05) is 18.2 Å². The molecule has 2 heterocycles. The summed E-state index contributed by atoms with van der Waals surface area (Å²) in [4.78, 5) is 22.8. The molecule has 0 radical (unpaired) electrons. The van der Waals surface area contributed by atoms with Crippen molar-refractivity contribution in [2.75, 3.05) is 13.3 Å². The van der Waals surface area contributed by atoms with Crippen LogP contribution in [0, 0.1) is 0 Å². The minimum absolute atomic E-state index is 0.0547. The van der Waals surface area contributed by atoms with Gasteiger partial charge in [-0.3, -0.25) is 9.59 Å². The van der Waals surface area contributed by atoms with Crippen molar-refractivity contribution in [3.05, 3.63) is 23.8 Å². The lowest BCUT2D eigenvalue weighted by Gasteiger charge is -2.11. The highest BCUT2D eigenvalue weighted by molar-refractivity contribution is 5.90. The van der Waals surface area contributed by atoms with Crippen LogP contribution in [0.15, 0.2) is 18.2 Å². The molecule has 6 heteroatoms. The van der Waals surface area contributed by atoms with Crippen LogP contribution in [0.3, 0.4) is 0 Å². The summed E-state index contributed by atoms with van der Waals surface area (Å²) in [7, 11) is 0. The summed E-state index contributed by atoms with van der Waals surface area (Å²) >= 11 is 0. The van der Waals surface area contributed by atoms with Gasteiger partial charge in [-0.1, -0.05) is 6.07 Å². The summed E-state index contributed by atoms with van der Waals surface area (Å²) in [6, 6.07) is 5.37. The number of hydrogen-bond donors (Lipinski definition) is 2. The molecule has 0 aliphatic carbocycles. The van der Waals surface area contributed by atoms with Crippen LogP contribution in [0.5, 0.6) is 11.5 Å². The van der Waals surface area contributed by atoms with Crippen LogP contribution < -0.4 is 20.1 Å². The van der Waals surface area contributed by atoms with Crippen molar-refractivity contribution in [2.45, 2.75) is 25.3 Å². The topological polar surface area (TPSA) is 76.7 Å². The Morgan fingerprint density at radius 2 is 2.20 bits per heavy atom. The lowest BCUT2D eigenvalue weighted by molar-refractivity contribution is -0.125. The lowest BCUT2D eigenvalue weighted by atomic mass is 10.1. The van der Waals surface area contributed by atoms with Crippen molar-refractivity contribution >= 4 is 11.8 Å². The molecule has 0 spiro atoms. The van der Waals surface area contributed by atoms with E-state index in [1.165, 1.54) is 0 Å². The van der Waals surface area contributed by atoms with Gasteiger partial charge in [0, 0.05) is 13.0 Å². The monoisotopic (exact) mass is 276 g/mol. The Hall–Kier alpha value is -2.24. The molecule has 106 valence electrons. The van der Waals surface area contributed by atoms with E-state index in [-0.39, 0.29) is 24.6 Å². The van der Waals surface area contributed by atoms with Crippen molar-refractivity contribution in [3.8, 4) is 11.5 Å². The maximum absolute atomic E-state index is 11.8. The number of fused-ring (bicyclic) bond motifs is 1. The second kappa shape index (κ2) is 5.40. The number of nitrogens with one attached hydrogen (secondary N) is 2. The van der Waals surface area contributed by atoms with Gasteiger partial charge in [0.1, 0.15) is 6.04 Å². The number of ether oxygens (including phenoxy) is 2. The second-order valence-electron chi connectivity index (χ2n) is 4.89. The van der Waals surface area contributed by atoms with Gasteiger partial charge in [0.25, 0.3) is 0 Å². The molecule has 1 atom stereocenters. The van der Waals surface area contributed by atoms with Gasteiger partial charge in [-0.05, 0) is 30.5 Å². The summed E-state index contributed by atoms with van der Waals surface area (Å²) in [6.45, 7) is 0.793. The fourth-order valence-corrected chi connectivity index (χ4v) is 2.36. The first-order chi connectivity index (χ1) is 9.72. The number of rotatable bonds is 4. The molecule has 2 aliphatic rings. The summed E-state index contributed by atoms with van der Waals surface area (Å²) in [5, 5.41) is 5.48. The van der Waals surface area contributed by atoms with Gasteiger partial charge < -0.3 is 20.1 Å². The van der Waals surface area contributed by atoms with Gasteiger partial charge in [0.05, 0.1) is 0 Å². The van der Waals surface area contributed by atoms with Gasteiger partial charge in [0.15, 0.2) is 11.5 Å². The molecule has 0 bridgehead atoms. The smallest absolute Gasteiger partial charge is 0.242 e. The van der Waals surface area contributed by atoms with E-state index in [1.54, 1.807) is 0 Å². The lowest BCUT2D eigenvalue weighted by Crippen LogP contribution is -2.42. The molecule has 2 N–H and O–H groups in total. The molecule has 6 nitrogen and oxygen atoms in total. The fourth-order valence-electron chi connectivity index (χ4n) is 2.36. The predicted octanol–water partition coefficient (Wildman–Crippen LogP) is 0.353. The van der Waals surface area contributed by atoms with Crippen LogP contribution in [0.2, 0.25) is 0 Å². The second-order valence-corrected chi connectivity index (χ2v) is 4.89. The van der Waals surface area contributed by atoms with Gasteiger partial charge in [-0.25, -0.2) is 0 Å². The Bertz CT molecular complexity index is 544. The fraction of sp³-hybridized carbons (Fsp3) is 0.429. The number of hydrogen-bond acceptors (Lipinski definition) is 4. The van der Waals surface area contributed by atoms with Crippen molar-refractivity contribution in [2.24, 2.45) is 0 Å². The van der Waals surface area contributed by atoms with E-state index in [4.69, 9.17) is 9.47 Å². The van der Waals surface area contributed by atoms with Crippen molar-refractivity contribution < 1.29 is 19.1 Å². The minimum atomic E-state index is -0.376. The van der Waals surface area contributed by atoms with Crippen LogP contribution in [0.25, 0.3) is 0 Å². The first kappa shape index (κ1) is 12.8. The highest BCUT2D eigenvalue weighted by atomic mass is 16.7. The molecule has 1 saturated heterocycles. The maximum atomic E-state index is 11.8. The molecule has 20 heavy (non-hydrogen) atoms. The van der Waals surface area contributed by atoms with Gasteiger partial charge >= 0.3 is 0 Å². The normalized spacial score (nSPS) is 19.8. The molecule has 0 saturated carbocycles. The van der Waals surface area contributed by atoms with Crippen LogP contribution in [0.4, 0.5) is 0 Å². The Labute approximate surface area is 116 Å². The molecule has 3 rings (SSSR count). The van der Waals surface area contributed by atoms with E-state index >= 15 is 0 Å². The molecular formula is C14H16N2O4. The van der Waals surface area contributed by atoms with E-state index < -0.39 is 0 Å². The Morgan fingerprint density at radius 1 is 1.35 bits per heavy atom. The molecular weight excluding hydrogens is 260 g/mol. The average molecular weight is 276 g/mol. The van der Waals surface area contributed by atoms with E-state index in [0.29, 0.717) is 25.8 Å². The quantitative estimate of drug-likeness (QED) is 0.832. The Balaban J connectivity index is 1.48. The first-order valence-corrected chi connectivity index (χ1v) is 6.68. The molecule has 1 aromatic carbocycles. The zero-order valence-corrected chi connectivity index (χ0v) is 11.0. The molecule has 0 aromatic heterocycles. The average Bonchev–Trinajstić information content (AvgIpc) is 3.06. The molecule has 1 fully saturated rings. The van der Waals surface area contributed by atoms with Gasteiger partial charge in [0.2, 0.25) is 18.6 Å². The zero-order valence-electron chi connectivity index (χ0n) is 11.0. The third-order valence-corrected chi connectivity index (χ3v) is 3.46. The van der Waals surface area contributed by atoms with Crippen LogP contribution >= 0.6 is 0 Å². The van der Waals surface area contributed by atoms with Crippen LogP contribution in [-0.4, -0.2) is 31.2 Å². The molecule has 2 amide bonds. The van der Waals surface area contributed by atoms with Crippen molar-refractivity contribution in [1.82, 2.24) is 10.6 Å². The third-order valence-electron chi connectivity index (χ3n) is 3.46. The highest BCUT2D eigenvalue weighted by Gasteiger charge is 2.26. The summed E-state index contributed by atoms with van der Waals surface area (Å²) < 4.78 is 10.5. The van der Waals surface area contributed by atoms with Crippen LogP contribution in [0.1, 0.15) is 18.4 Å². The van der Waals surface area contributed by atoms with Crippen molar-refractivity contribution in [1.29, 1.82) is 0 Å². The molecule has 0 unspecified atom stereocenters. The summed E-state index contributed by atoms with van der Waals surface area (Å²) in [5.41, 5.74) is 1.07. The largest absolute Gasteiger partial charge is 0.454 e. The Morgan fingerprint density at radius 3 is 3.00 bits per heavy atom. The van der Waals surface area contributed by atoms with Crippen molar-refractivity contribution in [3.63, 3.8) is 0 Å². The molecule has 2 aliphatic heterocycles. The number of benzene rings is 1. The highest BCUT2D eigenvalue weighted by Crippen LogP contribution is 2.32. The van der Waals surface area contributed by atoms with E-state index in [0.717, 1.165) is 17.1 Å². The SMILES string of the molecule is O=C1CC[C@@H](C(=O)NCCc2ccc3c(c2)OCO3)N1. The summed E-state index contributed by atoms with van der Waals surface area (Å²) in [6.07, 6.45) is 1.72.